The van der Waals surface area contributed by atoms with Gasteiger partial charge in [0.25, 0.3) is 17.7 Å². The second-order valence-corrected chi connectivity index (χ2v) is 7.69. The molecular formula is C22H29N3O5. The van der Waals surface area contributed by atoms with E-state index in [0.717, 1.165) is 11.1 Å². The minimum absolute atomic E-state index is 0.102. The Kier molecular flexibility index (Phi) is 8.03. The van der Waals surface area contributed by atoms with Crippen molar-refractivity contribution in [2.75, 3.05) is 6.61 Å². The number of carbonyl (C=O) groups excluding carboxylic acids is 3. The van der Waals surface area contributed by atoms with Crippen molar-refractivity contribution >= 4 is 17.7 Å². The van der Waals surface area contributed by atoms with Crippen LogP contribution in [0.25, 0.3) is 0 Å². The van der Waals surface area contributed by atoms with Crippen molar-refractivity contribution in [3.05, 3.63) is 53.5 Å². The number of ether oxygens (including phenoxy) is 1. The topological polar surface area (TPSA) is 110 Å². The van der Waals surface area contributed by atoms with Crippen molar-refractivity contribution in [3.8, 4) is 5.75 Å². The van der Waals surface area contributed by atoms with E-state index in [9.17, 15) is 14.4 Å². The first-order valence-electron chi connectivity index (χ1n) is 9.85. The summed E-state index contributed by atoms with van der Waals surface area (Å²) in [6.45, 7) is 9.34. The van der Waals surface area contributed by atoms with Crippen molar-refractivity contribution in [1.29, 1.82) is 0 Å². The lowest BCUT2D eigenvalue weighted by atomic mass is 10.0. The SMILES string of the molecule is Cc1ccc(C(C)C)c(OCC(=O)NNC(=O)[C@@H](NC(=O)c2ccco2)C(C)C)c1. The number of nitrogens with one attached hydrogen (secondary N) is 3. The molecule has 2 aromatic rings. The van der Waals surface area contributed by atoms with Crippen LogP contribution in [0.2, 0.25) is 0 Å². The van der Waals surface area contributed by atoms with Gasteiger partial charge >= 0.3 is 0 Å². The Labute approximate surface area is 176 Å². The van der Waals surface area contributed by atoms with Crippen molar-refractivity contribution in [2.24, 2.45) is 5.92 Å². The van der Waals surface area contributed by atoms with E-state index in [-0.39, 0.29) is 24.2 Å². The highest BCUT2D eigenvalue weighted by atomic mass is 16.5. The molecule has 2 rings (SSSR count). The van der Waals surface area contributed by atoms with Crippen LogP contribution in [-0.2, 0) is 9.59 Å². The van der Waals surface area contributed by atoms with E-state index in [1.807, 2.05) is 39.0 Å². The van der Waals surface area contributed by atoms with Crippen LogP contribution in [0.1, 0.15) is 55.3 Å². The second kappa shape index (κ2) is 10.5. The van der Waals surface area contributed by atoms with Crippen molar-refractivity contribution < 1.29 is 23.5 Å². The molecule has 0 bridgehead atoms. The maximum absolute atomic E-state index is 12.4. The molecule has 162 valence electrons. The summed E-state index contributed by atoms with van der Waals surface area (Å²) in [6, 6.07) is 8.07. The molecule has 0 saturated heterocycles. The van der Waals surface area contributed by atoms with Crippen LogP contribution < -0.4 is 20.9 Å². The largest absolute Gasteiger partial charge is 0.483 e. The minimum atomic E-state index is -0.854. The van der Waals surface area contributed by atoms with Crippen LogP contribution in [0.3, 0.4) is 0 Å². The molecule has 3 N–H and O–H groups in total. The van der Waals surface area contributed by atoms with E-state index >= 15 is 0 Å². The molecule has 0 spiro atoms. The molecule has 0 aliphatic rings. The lowest BCUT2D eigenvalue weighted by molar-refractivity contribution is -0.131. The summed E-state index contributed by atoms with van der Waals surface area (Å²) in [6.07, 6.45) is 1.37. The van der Waals surface area contributed by atoms with Gasteiger partial charge in [0.15, 0.2) is 12.4 Å². The van der Waals surface area contributed by atoms with Gasteiger partial charge in [-0.2, -0.15) is 0 Å². The van der Waals surface area contributed by atoms with Gasteiger partial charge in [-0.1, -0.05) is 39.8 Å². The fourth-order valence-electron chi connectivity index (χ4n) is 2.79. The molecule has 0 aliphatic heterocycles. The summed E-state index contributed by atoms with van der Waals surface area (Å²) < 4.78 is 10.7. The van der Waals surface area contributed by atoms with Gasteiger partial charge in [-0.05, 0) is 48.1 Å². The number of carbonyl (C=O) groups is 3. The third-order valence-electron chi connectivity index (χ3n) is 4.46. The van der Waals surface area contributed by atoms with Gasteiger partial charge in [0.05, 0.1) is 6.26 Å². The number of amides is 3. The fraction of sp³-hybridized carbons (Fsp3) is 0.409. The maximum Gasteiger partial charge on any atom is 0.287 e. The van der Waals surface area contributed by atoms with E-state index in [0.29, 0.717) is 5.75 Å². The van der Waals surface area contributed by atoms with Crippen LogP contribution in [0.15, 0.2) is 41.0 Å². The highest BCUT2D eigenvalue weighted by Gasteiger charge is 2.26. The number of hydrogen-bond acceptors (Lipinski definition) is 5. The van der Waals surface area contributed by atoms with Crippen molar-refractivity contribution in [2.45, 2.75) is 46.6 Å². The lowest BCUT2D eigenvalue weighted by Crippen LogP contribution is -2.54. The van der Waals surface area contributed by atoms with Gasteiger partial charge < -0.3 is 14.5 Å². The zero-order valence-electron chi connectivity index (χ0n) is 17.9. The van der Waals surface area contributed by atoms with E-state index in [1.54, 1.807) is 19.9 Å². The molecule has 8 heteroatoms. The quantitative estimate of drug-likeness (QED) is 0.574. The standard InChI is InChI=1S/C22H29N3O5/c1-13(2)16-9-8-15(5)11-18(16)30-12-19(26)24-25-22(28)20(14(3)4)23-21(27)17-7-6-10-29-17/h6-11,13-14,20H,12H2,1-5H3,(H,23,27)(H,24,26)(H,25,28)/t20-/m0/s1. The van der Waals surface area contributed by atoms with E-state index in [4.69, 9.17) is 9.15 Å². The molecule has 1 aromatic carbocycles. The Morgan fingerprint density at radius 1 is 1.07 bits per heavy atom. The fourth-order valence-corrected chi connectivity index (χ4v) is 2.79. The summed E-state index contributed by atoms with van der Waals surface area (Å²) in [7, 11) is 0. The Bertz CT molecular complexity index is 875. The smallest absolute Gasteiger partial charge is 0.287 e. The molecule has 0 saturated carbocycles. The van der Waals surface area contributed by atoms with Gasteiger partial charge in [0.2, 0.25) is 0 Å². The van der Waals surface area contributed by atoms with Crippen molar-refractivity contribution in [1.82, 2.24) is 16.2 Å². The van der Waals surface area contributed by atoms with Crippen LogP contribution in [-0.4, -0.2) is 30.4 Å². The number of hydrazine groups is 1. The van der Waals surface area contributed by atoms with Gasteiger partial charge in [0.1, 0.15) is 11.8 Å². The third kappa shape index (κ3) is 6.37. The molecular weight excluding hydrogens is 386 g/mol. The van der Waals surface area contributed by atoms with Crippen LogP contribution in [0, 0.1) is 12.8 Å². The lowest BCUT2D eigenvalue weighted by Gasteiger charge is -2.21. The number of aryl methyl sites for hydroxylation is 1. The molecule has 30 heavy (non-hydrogen) atoms. The Balaban J connectivity index is 1.89. The molecule has 0 unspecified atom stereocenters. The highest BCUT2D eigenvalue weighted by Crippen LogP contribution is 2.27. The zero-order valence-corrected chi connectivity index (χ0v) is 17.9. The summed E-state index contributed by atoms with van der Waals surface area (Å²) in [4.78, 5) is 36.7. The zero-order chi connectivity index (χ0) is 22.3. The molecule has 0 fully saturated rings. The van der Waals surface area contributed by atoms with Gasteiger partial charge in [-0.15, -0.1) is 0 Å². The normalized spacial score (nSPS) is 11.8. The average Bonchev–Trinajstić information content (AvgIpc) is 3.23. The maximum atomic E-state index is 12.4. The van der Waals surface area contributed by atoms with Crippen LogP contribution >= 0.6 is 0 Å². The Morgan fingerprint density at radius 3 is 2.40 bits per heavy atom. The van der Waals surface area contributed by atoms with Gasteiger partial charge in [-0.25, -0.2) is 0 Å². The number of hydrogen-bond donors (Lipinski definition) is 3. The van der Waals surface area contributed by atoms with Crippen molar-refractivity contribution in [3.63, 3.8) is 0 Å². The molecule has 8 nitrogen and oxygen atoms in total. The predicted molar refractivity (Wildman–Crippen MR) is 112 cm³/mol. The Hall–Kier alpha value is -3.29. The monoisotopic (exact) mass is 415 g/mol. The number of benzene rings is 1. The number of furan rings is 1. The summed E-state index contributed by atoms with van der Waals surface area (Å²) in [5.74, 6) is -0.798. The summed E-state index contributed by atoms with van der Waals surface area (Å²) >= 11 is 0. The van der Waals surface area contributed by atoms with Crippen LogP contribution in [0.5, 0.6) is 5.75 Å². The molecule has 1 heterocycles. The van der Waals surface area contributed by atoms with Crippen LogP contribution in [0.4, 0.5) is 0 Å². The summed E-state index contributed by atoms with van der Waals surface area (Å²) in [5, 5.41) is 2.60. The molecule has 0 radical (unpaired) electrons. The van der Waals surface area contributed by atoms with E-state index in [1.165, 1.54) is 12.3 Å². The Morgan fingerprint density at radius 2 is 1.80 bits per heavy atom. The predicted octanol–water partition coefficient (Wildman–Crippen LogP) is 2.69. The second-order valence-electron chi connectivity index (χ2n) is 7.69. The van der Waals surface area contributed by atoms with E-state index < -0.39 is 23.8 Å². The van der Waals surface area contributed by atoms with Gasteiger partial charge in [0, 0.05) is 0 Å². The molecule has 1 atom stereocenters. The van der Waals surface area contributed by atoms with Gasteiger partial charge in [-0.3, -0.25) is 25.2 Å². The first-order chi connectivity index (χ1) is 14.2. The highest BCUT2D eigenvalue weighted by molar-refractivity contribution is 5.96. The average molecular weight is 415 g/mol. The summed E-state index contributed by atoms with van der Waals surface area (Å²) in [5.41, 5.74) is 6.68. The first kappa shape index (κ1) is 23.0. The number of rotatable bonds is 8. The minimum Gasteiger partial charge on any atom is -0.483 e. The third-order valence-corrected chi connectivity index (χ3v) is 4.46. The van der Waals surface area contributed by atoms with E-state index in [2.05, 4.69) is 16.2 Å². The first-order valence-corrected chi connectivity index (χ1v) is 9.85. The molecule has 0 aliphatic carbocycles. The molecule has 3 amide bonds. The molecule has 1 aromatic heterocycles.